The number of para-hydroxylation sites is 4. The van der Waals surface area contributed by atoms with Gasteiger partial charge in [-0.05, 0) is 76.9 Å². The quantitative estimate of drug-likeness (QED) is 0.221. The third-order valence-electron chi connectivity index (χ3n) is 9.40. The molecule has 204 valence electrons. The minimum absolute atomic E-state index is 0.0855. The Morgan fingerprint density at radius 1 is 0.524 bits per heavy atom. The molecule has 0 N–H and O–H groups in total. The highest BCUT2D eigenvalue weighted by Crippen LogP contribution is 2.60. The largest absolute Gasteiger partial charge is 0.309 e. The number of rotatable bonds is 3. The van der Waals surface area contributed by atoms with Crippen molar-refractivity contribution in [1.29, 1.82) is 0 Å². The molecule has 3 heteroatoms. The number of hydrogen-bond acceptors (Lipinski definition) is 3. The first-order valence-electron chi connectivity index (χ1n) is 14.7. The third-order valence-corrected chi connectivity index (χ3v) is 9.40. The highest BCUT2D eigenvalue weighted by Gasteiger charge is 2.45. The third kappa shape index (κ3) is 3.43. The molecular formula is C39H33N3. The summed E-state index contributed by atoms with van der Waals surface area (Å²) >= 11 is 0. The molecule has 0 fully saturated rings. The van der Waals surface area contributed by atoms with Crippen molar-refractivity contribution in [1.82, 2.24) is 4.98 Å². The Kier molecular flexibility index (Phi) is 5.21. The van der Waals surface area contributed by atoms with E-state index in [-0.39, 0.29) is 10.8 Å². The van der Waals surface area contributed by atoms with Crippen molar-refractivity contribution < 1.29 is 0 Å². The van der Waals surface area contributed by atoms with Crippen LogP contribution in [0.4, 0.5) is 34.3 Å². The molecule has 5 aromatic carbocycles. The first-order valence-corrected chi connectivity index (χ1v) is 14.7. The normalized spacial score (nSPS) is 15.5. The van der Waals surface area contributed by atoms with Gasteiger partial charge in [-0.1, -0.05) is 100 Å². The van der Waals surface area contributed by atoms with E-state index in [1.165, 1.54) is 39.3 Å². The lowest BCUT2D eigenvalue weighted by molar-refractivity contribution is 0.597. The second-order valence-electron chi connectivity index (χ2n) is 12.5. The molecule has 0 saturated heterocycles. The van der Waals surface area contributed by atoms with Gasteiger partial charge in [0.05, 0.1) is 22.6 Å². The van der Waals surface area contributed by atoms with Gasteiger partial charge in [0.1, 0.15) is 5.82 Å². The van der Waals surface area contributed by atoms with Crippen molar-refractivity contribution in [2.24, 2.45) is 0 Å². The van der Waals surface area contributed by atoms with Crippen LogP contribution in [0.3, 0.4) is 0 Å². The van der Waals surface area contributed by atoms with Gasteiger partial charge < -0.3 is 4.90 Å². The molecule has 3 heterocycles. The number of fused-ring (bicyclic) bond motifs is 5. The Morgan fingerprint density at radius 2 is 1.17 bits per heavy atom. The van der Waals surface area contributed by atoms with Crippen molar-refractivity contribution in [3.05, 3.63) is 150 Å². The van der Waals surface area contributed by atoms with E-state index < -0.39 is 0 Å². The lowest BCUT2D eigenvalue weighted by Gasteiger charge is -2.49. The van der Waals surface area contributed by atoms with Crippen LogP contribution >= 0.6 is 0 Å². The zero-order chi connectivity index (χ0) is 28.6. The Labute approximate surface area is 247 Å². The van der Waals surface area contributed by atoms with E-state index >= 15 is 0 Å². The molecule has 0 bridgehead atoms. The monoisotopic (exact) mass is 543 g/mol. The molecule has 2 aliphatic heterocycles. The second-order valence-corrected chi connectivity index (χ2v) is 12.5. The lowest BCUT2D eigenvalue weighted by Crippen LogP contribution is -2.38. The Bertz CT molecular complexity index is 2000. The number of aromatic nitrogens is 1. The van der Waals surface area contributed by atoms with Gasteiger partial charge in [-0.15, -0.1) is 0 Å². The molecule has 0 aliphatic carbocycles. The van der Waals surface area contributed by atoms with E-state index in [2.05, 4.69) is 165 Å². The van der Waals surface area contributed by atoms with Gasteiger partial charge in [0.25, 0.3) is 0 Å². The summed E-state index contributed by atoms with van der Waals surface area (Å²) in [4.78, 5) is 9.92. The molecule has 0 saturated carbocycles. The smallest absolute Gasteiger partial charge is 0.138 e. The molecule has 0 unspecified atom stereocenters. The van der Waals surface area contributed by atoms with Crippen molar-refractivity contribution >= 4 is 45.2 Å². The average Bonchev–Trinajstić information content (AvgIpc) is 3.02. The van der Waals surface area contributed by atoms with Crippen LogP contribution < -0.4 is 9.80 Å². The summed E-state index contributed by atoms with van der Waals surface area (Å²) in [6, 6.07) is 45.9. The zero-order valence-corrected chi connectivity index (χ0v) is 24.5. The van der Waals surface area contributed by atoms with E-state index in [0.29, 0.717) is 0 Å². The summed E-state index contributed by atoms with van der Waals surface area (Å²) in [6.45, 7) is 9.46. The van der Waals surface area contributed by atoms with Gasteiger partial charge in [-0.25, -0.2) is 4.98 Å². The summed E-state index contributed by atoms with van der Waals surface area (Å²) in [5.74, 6) is 0.904. The van der Waals surface area contributed by atoms with Crippen LogP contribution in [0.1, 0.15) is 49.9 Å². The maximum atomic E-state index is 5.13. The van der Waals surface area contributed by atoms with Crippen molar-refractivity contribution in [2.45, 2.75) is 38.5 Å². The number of anilines is 6. The van der Waals surface area contributed by atoms with Gasteiger partial charge in [0, 0.05) is 27.6 Å². The Hall–Kier alpha value is -4.89. The van der Waals surface area contributed by atoms with Crippen LogP contribution in [0.2, 0.25) is 0 Å². The van der Waals surface area contributed by atoms with Crippen LogP contribution in [0, 0.1) is 0 Å². The molecule has 0 radical (unpaired) electrons. The molecule has 6 aromatic rings. The standard InChI is InChI=1S/C39H33N3/c1-38(2)29-16-9-11-20-34(29)42-35-23-22-28(25-32(35)39(3,4)31-18-12-17-30(38)37(31)42)41(27-14-6-5-7-15-27)36-24-21-26-13-8-10-19-33(26)40-36/h5-25H,1-4H3. The van der Waals surface area contributed by atoms with Gasteiger partial charge in [0.15, 0.2) is 0 Å². The molecular weight excluding hydrogens is 510 g/mol. The Morgan fingerprint density at radius 3 is 1.98 bits per heavy atom. The number of benzene rings is 5. The summed E-state index contributed by atoms with van der Waals surface area (Å²) < 4.78 is 0. The van der Waals surface area contributed by atoms with E-state index in [9.17, 15) is 0 Å². The van der Waals surface area contributed by atoms with Gasteiger partial charge in [0.2, 0.25) is 0 Å². The molecule has 2 aliphatic rings. The minimum atomic E-state index is -0.200. The topological polar surface area (TPSA) is 19.4 Å². The van der Waals surface area contributed by atoms with Crippen LogP contribution in [-0.2, 0) is 10.8 Å². The highest BCUT2D eigenvalue weighted by atomic mass is 15.2. The van der Waals surface area contributed by atoms with Crippen LogP contribution in [0.25, 0.3) is 10.9 Å². The fourth-order valence-electron chi connectivity index (χ4n) is 7.18. The number of nitrogens with zero attached hydrogens (tertiary/aromatic N) is 3. The Balaban J connectivity index is 1.37. The maximum absolute atomic E-state index is 5.13. The average molecular weight is 544 g/mol. The number of pyridine rings is 1. The van der Waals surface area contributed by atoms with Crippen LogP contribution in [-0.4, -0.2) is 4.98 Å². The molecule has 0 atom stereocenters. The van der Waals surface area contributed by atoms with E-state index in [0.717, 1.165) is 28.1 Å². The van der Waals surface area contributed by atoms with Crippen LogP contribution in [0.5, 0.6) is 0 Å². The second kappa shape index (κ2) is 8.80. The van der Waals surface area contributed by atoms with Gasteiger partial charge in [-0.2, -0.15) is 0 Å². The predicted octanol–water partition coefficient (Wildman–Crippen LogP) is 10.5. The van der Waals surface area contributed by atoms with Crippen molar-refractivity contribution in [3.63, 3.8) is 0 Å². The lowest BCUT2D eigenvalue weighted by atomic mass is 9.66. The summed E-state index contributed by atoms with van der Waals surface area (Å²) in [5, 5.41) is 1.14. The molecule has 3 nitrogen and oxygen atoms in total. The fraction of sp³-hybridized carbons (Fsp3) is 0.154. The molecule has 0 spiro atoms. The highest BCUT2D eigenvalue weighted by molar-refractivity contribution is 5.94. The first kappa shape index (κ1) is 24.9. The van der Waals surface area contributed by atoms with Crippen molar-refractivity contribution in [2.75, 3.05) is 9.80 Å². The van der Waals surface area contributed by atoms with Gasteiger partial charge >= 0.3 is 0 Å². The first-order chi connectivity index (χ1) is 20.4. The summed E-state index contributed by atoms with van der Waals surface area (Å²) in [7, 11) is 0. The van der Waals surface area contributed by atoms with E-state index in [4.69, 9.17) is 4.98 Å². The van der Waals surface area contributed by atoms with E-state index in [1.807, 2.05) is 0 Å². The maximum Gasteiger partial charge on any atom is 0.138 e. The molecule has 42 heavy (non-hydrogen) atoms. The van der Waals surface area contributed by atoms with Crippen LogP contribution in [0.15, 0.2) is 127 Å². The zero-order valence-electron chi connectivity index (χ0n) is 24.5. The minimum Gasteiger partial charge on any atom is -0.309 e. The summed E-state index contributed by atoms with van der Waals surface area (Å²) in [5.41, 5.74) is 12.1. The van der Waals surface area contributed by atoms with E-state index in [1.54, 1.807) is 0 Å². The summed E-state index contributed by atoms with van der Waals surface area (Å²) in [6.07, 6.45) is 0. The molecule has 1 aromatic heterocycles. The molecule has 0 amide bonds. The molecule has 8 rings (SSSR count). The predicted molar refractivity (Wildman–Crippen MR) is 175 cm³/mol. The SMILES string of the molecule is CC1(C)c2ccccc2N2c3ccc(N(c4ccccc4)c4ccc5ccccc5n4)cc3C(C)(C)c3cccc1c32. The number of hydrogen-bond donors (Lipinski definition) is 0. The van der Waals surface area contributed by atoms with Crippen molar-refractivity contribution in [3.8, 4) is 0 Å². The van der Waals surface area contributed by atoms with Gasteiger partial charge in [-0.3, -0.25) is 4.90 Å². The fourth-order valence-corrected chi connectivity index (χ4v) is 7.18.